The van der Waals surface area contributed by atoms with Crippen molar-refractivity contribution >= 4 is 113 Å². The number of nitrogens with one attached hydrogen (secondary N) is 10. The summed E-state index contributed by atoms with van der Waals surface area (Å²) in [7, 11) is 0. The number of aliphatic carboxylic acids is 1. The highest BCUT2D eigenvalue weighted by molar-refractivity contribution is 5.99. The number of rotatable bonds is 57. The molecule has 109 heavy (non-hydrogen) atoms. The number of hydrogen-bond acceptors (Lipinski definition) is 22. The van der Waals surface area contributed by atoms with E-state index in [1.165, 1.54) is 4.90 Å². The van der Waals surface area contributed by atoms with Crippen molar-refractivity contribution in [3.63, 3.8) is 0 Å². The van der Waals surface area contributed by atoms with Crippen molar-refractivity contribution in [1.82, 2.24) is 58.1 Å². The Kier molecular flexibility index (Phi) is 47.6. The summed E-state index contributed by atoms with van der Waals surface area (Å²) in [5.74, 6) is -13.7. The molecule has 0 saturated carbocycles. The molecule has 43 N–H and O–H groups in total. The predicted molar refractivity (Wildman–Crippen MR) is 406 cm³/mol. The maximum atomic E-state index is 14.8. The molecule has 0 aliphatic carbocycles. The van der Waals surface area contributed by atoms with Crippen LogP contribution in [0.1, 0.15) is 141 Å². The Morgan fingerprint density at radius 1 is 0.358 bits per heavy atom. The summed E-state index contributed by atoms with van der Waals surface area (Å²) in [6.07, 6.45) is 0.439. The topological polar surface area (TPSA) is 856 Å². The minimum Gasteiger partial charge on any atom is -0.480 e. The number of unbranched alkanes of at least 4 members (excludes halogenated alkanes) is 2. The van der Waals surface area contributed by atoms with E-state index in [-0.39, 0.29) is 185 Å². The molecular formula is C62H119N33O14. The van der Waals surface area contributed by atoms with Crippen molar-refractivity contribution in [1.29, 1.82) is 0 Å². The molecule has 0 unspecified atom stereocenters. The van der Waals surface area contributed by atoms with E-state index in [4.69, 9.17) is 96.8 Å². The van der Waals surface area contributed by atoms with Gasteiger partial charge in [0.05, 0.1) is 12.6 Å². The Bertz CT molecular complexity index is 3130. The van der Waals surface area contributed by atoms with Crippen LogP contribution in [0, 0.1) is 0 Å². The molecule has 0 spiro atoms. The first-order valence-corrected chi connectivity index (χ1v) is 35.9. The van der Waals surface area contributed by atoms with Gasteiger partial charge in [-0.1, -0.05) is 0 Å². The zero-order chi connectivity index (χ0) is 82.0. The smallest absolute Gasteiger partial charge is 0.322 e. The molecule has 0 bridgehead atoms. The summed E-state index contributed by atoms with van der Waals surface area (Å²) in [5.41, 5.74) is 90.0. The van der Waals surface area contributed by atoms with Crippen LogP contribution in [0.3, 0.4) is 0 Å². The summed E-state index contributed by atoms with van der Waals surface area (Å²) in [4.78, 5) is 205. The van der Waals surface area contributed by atoms with Gasteiger partial charge in [-0.3, -0.25) is 92.3 Å². The summed E-state index contributed by atoms with van der Waals surface area (Å²) >= 11 is 0. The Morgan fingerprint density at radius 2 is 0.642 bits per heavy atom. The van der Waals surface area contributed by atoms with Crippen molar-refractivity contribution in [2.24, 2.45) is 122 Å². The number of hydrogen-bond donors (Lipinski definition) is 27. The molecule has 0 aromatic heterocycles. The van der Waals surface area contributed by atoms with Crippen molar-refractivity contribution < 1.29 is 67.4 Å². The van der Waals surface area contributed by atoms with Gasteiger partial charge >= 0.3 is 5.97 Å². The fraction of sp³-hybridized carbons (Fsp3) is 0.694. The number of carboxylic acid groups (broad SMARTS) is 1. The highest BCUT2D eigenvalue weighted by Crippen LogP contribution is 2.21. The van der Waals surface area contributed by atoms with Crippen LogP contribution in [0.15, 0.2) is 30.0 Å². The number of nitrogens with zero attached hydrogens (tertiary/aromatic N) is 7. The lowest BCUT2D eigenvalue weighted by atomic mass is 10.0. The van der Waals surface area contributed by atoms with Crippen LogP contribution in [-0.4, -0.2) is 255 Å². The van der Waals surface area contributed by atoms with Gasteiger partial charge in [0, 0.05) is 52.2 Å². The van der Waals surface area contributed by atoms with Crippen molar-refractivity contribution in [3.8, 4) is 0 Å². The monoisotopic (exact) mass is 1550 g/mol. The minimum atomic E-state index is -1.75. The standard InChI is InChI=1S/C62H119N33O14/c63-23-3-1-13-35(87-47(100)34(65)12-5-25-79-57(67)68)48(101)88-36(14-2-4-24-64)49(102)89-37(15-6-26-80-58(69)70)50(103)90-39(17-8-28-82-60(73)74)52(105)93-41(21-22-44(66)96)54(107)92-38(16-7-27-81-59(71)72)51(104)91-40(18-9-29-83-61(75)76)53(106)94-42(19-10-30-84-62(77)78)56(109)95-31-11-20-43(95)55(108)86-32-45(97)85-33-46(98)99/h34-43H,1-33,63-65H2,(H2,66,96)(H,85,97)(H,86,108)(H,87,100)(H,88,101)(H,89,102)(H,90,103)(H,91,104)(H,92,107)(H,93,105)(H,94,106)(H,98,99)(H4,67,68,79)(H4,69,70,80)(H4,71,72,81)(H4,73,74,82)(H4,75,76,83)(H4,77,78,84)/t34-,35-,36-,37-,38-,39-,40-,41-,42-,43-/m0/s1. The lowest BCUT2D eigenvalue weighted by Gasteiger charge is -2.30. The predicted octanol–water partition coefficient (Wildman–Crippen LogP) is -12.7. The number of carbonyl (C=O) groups excluding carboxylic acids is 12. The number of amides is 12. The maximum absolute atomic E-state index is 14.8. The molecule has 47 heteroatoms. The highest BCUT2D eigenvalue weighted by Gasteiger charge is 2.40. The normalized spacial score (nSPS) is 14.6. The quantitative estimate of drug-likeness (QED) is 0.0153. The number of likely N-dealkylation sites (tertiary alicyclic amines) is 1. The fourth-order valence-electron chi connectivity index (χ4n) is 10.8. The average Bonchev–Trinajstić information content (AvgIpc) is 1.74. The number of nitrogens with two attached hydrogens (primary N) is 16. The molecule has 616 valence electrons. The third kappa shape index (κ3) is 43.1. The van der Waals surface area contributed by atoms with E-state index in [1.807, 2.05) is 0 Å². The van der Waals surface area contributed by atoms with Crippen LogP contribution in [0.2, 0.25) is 0 Å². The molecule has 12 amide bonds. The van der Waals surface area contributed by atoms with Gasteiger partial charge in [-0.05, 0) is 148 Å². The molecule has 47 nitrogen and oxygen atoms in total. The van der Waals surface area contributed by atoms with Gasteiger partial charge in [-0.15, -0.1) is 0 Å². The molecular weight excluding hydrogens is 1430 g/mol. The molecule has 10 atom stereocenters. The molecule has 0 aromatic carbocycles. The number of carbonyl (C=O) groups is 13. The van der Waals surface area contributed by atoms with Gasteiger partial charge in [0.2, 0.25) is 70.9 Å². The first kappa shape index (κ1) is 95.6. The van der Waals surface area contributed by atoms with Crippen LogP contribution in [0.4, 0.5) is 0 Å². The van der Waals surface area contributed by atoms with E-state index < -0.39 is 163 Å². The van der Waals surface area contributed by atoms with E-state index in [9.17, 15) is 62.3 Å². The zero-order valence-electron chi connectivity index (χ0n) is 61.7. The Balaban J connectivity index is 3.96. The van der Waals surface area contributed by atoms with Crippen LogP contribution < -0.4 is 145 Å². The Hall–Kier alpha value is -11.4. The third-order valence-corrected chi connectivity index (χ3v) is 16.3. The van der Waals surface area contributed by atoms with Crippen molar-refractivity contribution in [2.45, 2.75) is 202 Å². The van der Waals surface area contributed by atoms with Crippen LogP contribution in [0.25, 0.3) is 0 Å². The summed E-state index contributed by atoms with van der Waals surface area (Å²) in [5, 5.41) is 34.5. The summed E-state index contributed by atoms with van der Waals surface area (Å²) in [6.45, 7) is -1.04. The molecule has 0 aromatic rings. The largest absolute Gasteiger partial charge is 0.480 e. The van der Waals surface area contributed by atoms with Crippen LogP contribution in [-0.2, 0) is 62.3 Å². The average molecular weight is 1550 g/mol. The number of carboxylic acids is 1. The fourth-order valence-corrected chi connectivity index (χ4v) is 10.8. The zero-order valence-corrected chi connectivity index (χ0v) is 61.7. The van der Waals surface area contributed by atoms with E-state index in [2.05, 4.69) is 83.1 Å². The van der Waals surface area contributed by atoms with Gasteiger partial charge < -0.3 is 155 Å². The molecule has 1 saturated heterocycles. The second-order valence-electron chi connectivity index (χ2n) is 25.4. The second kappa shape index (κ2) is 54.2. The van der Waals surface area contributed by atoms with Gasteiger partial charge in [0.25, 0.3) is 0 Å². The van der Waals surface area contributed by atoms with E-state index >= 15 is 0 Å². The van der Waals surface area contributed by atoms with Gasteiger partial charge in [-0.2, -0.15) is 0 Å². The minimum absolute atomic E-state index is 0.0143. The van der Waals surface area contributed by atoms with Gasteiger partial charge in [-0.25, -0.2) is 0 Å². The SMILES string of the molecule is NCCCC[C@H](NC(=O)[C@H](CCCCN)NC(=O)[C@@H](N)CCCN=C(N)N)C(=O)N[C@@H](CCCN=C(N)N)C(=O)N[C@@H](CCCN=C(N)N)C(=O)N[C@@H](CCC(N)=O)C(=O)N[C@@H](CCCN=C(N)N)C(=O)N[C@@H](CCCN=C(N)N)C(=O)N[C@@H](CCCN=C(N)N)C(=O)N1CCC[C@H]1C(=O)NCC(=O)NCC(=O)O. The number of primary amides is 1. The molecule has 1 rings (SSSR count). The van der Waals surface area contributed by atoms with Gasteiger partial charge in [0.1, 0.15) is 60.9 Å². The first-order valence-electron chi connectivity index (χ1n) is 35.9. The lowest BCUT2D eigenvalue weighted by Crippen LogP contribution is -2.60. The summed E-state index contributed by atoms with van der Waals surface area (Å²) in [6, 6.07) is -14.3. The summed E-state index contributed by atoms with van der Waals surface area (Å²) < 4.78 is 0. The number of guanidine groups is 6. The maximum Gasteiger partial charge on any atom is 0.322 e. The molecule has 1 fully saturated rings. The van der Waals surface area contributed by atoms with Crippen LogP contribution in [0.5, 0.6) is 0 Å². The molecule has 1 aliphatic heterocycles. The van der Waals surface area contributed by atoms with Crippen molar-refractivity contribution in [2.75, 3.05) is 72.0 Å². The molecule has 1 heterocycles. The first-order chi connectivity index (χ1) is 51.6. The van der Waals surface area contributed by atoms with E-state index in [0.29, 0.717) is 38.5 Å². The molecule has 0 radical (unpaired) electrons. The van der Waals surface area contributed by atoms with Gasteiger partial charge in [0.15, 0.2) is 35.8 Å². The van der Waals surface area contributed by atoms with E-state index in [1.54, 1.807) is 0 Å². The lowest BCUT2D eigenvalue weighted by molar-refractivity contribution is -0.142. The third-order valence-electron chi connectivity index (χ3n) is 16.3. The van der Waals surface area contributed by atoms with Crippen molar-refractivity contribution in [3.05, 3.63) is 0 Å². The number of aliphatic imine (C=N–C) groups is 6. The second-order valence-corrected chi connectivity index (χ2v) is 25.4. The Labute approximate surface area is 631 Å². The Morgan fingerprint density at radius 3 is 0.945 bits per heavy atom. The highest BCUT2D eigenvalue weighted by atomic mass is 16.4. The van der Waals surface area contributed by atoms with E-state index in [0.717, 1.165) is 0 Å². The molecule has 1 aliphatic rings. The van der Waals surface area contributed by atoms with Crippen LogP contribution >= 0.6 is 0 Å².